The maximum atomic E-state index is 14.1. The third-order valence-corrected chi connectivity index (χ3v) is 7.17. The summed E-state index contributed by atoms with van der Waals surface area (Å²) in [6.45, 7) is 0. The molecule has 1 spiro atoms. The molecule has 2 aliphatic rings. The number of ketones is 1. The van der Waals surface area contributed by atoms with Gasteiger partial charge in [0.05, 0.1) is 22.1 Å². The minimum Gasteiger partial charge on any atom is -0.410 e. The number of oxime groups is 1. The molecule has 30 heavy (non-hydrogen) atoms. The lowest BCUT2D eigenvalue weighted by molar-refractivity contribution is 0.0843. The molecule has 3 aromatic rings. The normalized spacial score (nSPS) is 25.7. The number of nitrogens with zero attached hydrogens (tertiary/aromatic N) is 2. The van der Waals surface area contributed by atoms with E-state index in [0.717, 1.165) is 28.8 Å². The van der Waals surface area contributed by atoms with Gasteiger partial charge >= 0.3 is 0 Å². The standard InChI is InChI=1S/C25H20N2O2S/c28-22-20-14-8-7-9-17(20)15-16-25(22)21(18-10-3-1-4-11-18)23(27-29)30-24(25)26-19-12-5-2-6-13-19/h1-14,21,29H,15-16H2/b26-24?,27-23-/t21-,25+/m0/s1. The van der Waals surface area contributed by atoms with Crippen molar-refractivity contribution in [1.82, 2.24) is 0 Å². The zero-order chi connectivity index (χ0) is 20.6. The first-order valence-electron chi connectivity index (χ1n) is 9.96. The Kier molecular flexibility index (Phi) is 4.75. The highest BCUT2D eigenvalue weighted by Crippen LogP contribution is 2.57. The van der Waals surface area contributed by atoms with E-state index in [-0.39, 0.29) is 11.7 Å². The number of carbonyl (C=O) groups is 1. The van der Waals surface area contributed by atoms with Crippen molar-refractivity contribution < 1.29 is 10.0 Å². The molecule has 0 radical (unpaired) electrons. The molecular weight excluding hydrogens is 392 g/mol. The minimum atomic E-state index is -0.877. The van der Waals surface area contributed by atoms with Crippen molar-refractivity contribution in [2.45, 2.75) is 18.8 Å². The van der Waals surface area contributed by atoms with Crippen LogP contribution in [-0.4, -0.2) is 21.1 Å². The van der Waals surface area contributed by atoms with Gasteiger partial charge in [-0.25, -0.2) is 4.99 Å². The molecule has 0 saturated carbocycles. The van der Waals surface area contributed by atoms with Gasteiger partial charge in [0.2, 0.25) is 0 Å². The molecule has 148 valence electrons. The molecule has 3 aromatic carbocycles. The Morgan fingerprint density at radius 2 is 1.57 bits per heavy atom. The molecule has 1 N–H and O–H groups in total. The second-order valence-corrected chi connectivity index (χ2v) is 8.60. The molecular formula is C25H20N2O2S. The maximum absolute atomic E-state index is 14.1. The fourth-order valence-electron chi connectivity index (χ4n) is 4.60. The summed E-state index contributed by atoms with van der Waals surface area (Å²) < 4.78 is 0. The van der Waals surface area contributed by atoms with E-state index < -0.39 is 5.41 Å². The van der Waals surface area contributed by atoms with Crippen LogP contribution >= 0.6 is 11.8 Å². The Balaban J connectivity index is 1.75. The molecule has 1 heterocycles. The summed E-state index contributed by atoms with van der Waals surface area (Å²) >= 11 is 1.32. The Morgan fingerprint density at radius 1 is 0.900 bits per heavy atom. The van der Waals surface area contributed by atoms with Crippen LogP contribution in [0.1, 0.15) is 33.8 Å². The van der Waals surface area contributed by atoms with Crippen molar-refractivity contribution in [3.63, 3.8) is 0 Å². The molecule has 1 fully saturated rings. The van der Waals surface area contributed by atoms with Gasteiger partial charge in [0, 0.05) is 5.56 Å². The van der Waals surface area contributed by atoms with Gasteiger partial charge in [0.15, 0.2) is 5.78 Å². The number of benzene rings is 3. The summed E-state index contributed by atoms with van der Waals surface area (Å²) in [5.74, 6) is -0.309. The zero-order valence-electron chi connectivity index (χ0n) is 16.2. The van der Waals surface area contributed by atoms with Crippen molar-refractivity contribution >= 4 is 33.3 Å². The highest BCUT2D eigenvalue weighted by Gasteiger charge is 2.59. The molecule has 5 heteroatoms. The lowest BCUT2D eigenvalue weighted by Crippen LogP contribution is -2.44. The third kappa shape index (κ3) is 2.89. The number of para-hydroxylation sites is 1. The summed E-state index contributed by atoms with van der Waals surface area (Å²) in [6, 6.07) is 27.3. The summed E-state index contributed by atoms with van der Waals surface area (Å²) in [6.07, 6.45) is 1.40. The van der Waals surface area contributed by atoms with Crippen molar-refractivity contribution in [2.75, 3.05) is 0 Å². The topological polar surface area (TPSA) is 62.0 Å². The first-order valence-corrected chi connectivity index (χ1v) is 10.8. The Bertz CT molecular complexity index is 1160. The van der Waals surface area contributed by atoms with Crippen LogP contribution in [0.15, 0.2) is 95.1 Å². The molecule has 2 atom stereocenters. The third-order valence-electron chi connectivity index (χ3n) is 6.00. The van der Waals surface area contributed by atoms with Crippen molar-refractivity contribution in [3.8, 4) is 0 Å². The molecule has 0 amide bonds. The zero-order valence-corrected chi connectivity index (χ0v) is 17.0. The SMILES string of the molecule is O=C1c2ccccc2CC[C@]12C(=Nc1ccccc1)S/C(=N\O)[C@@H]2c1ccccc1. The van der Waals surface area contributed by atoms with E-state index in [9.17, 15) is 10.0 Å². The van der Waals surface area contributed by atoms with E-state index in [1.165, 1.54) is 11.8 Å². The largest absolute Gasteiger partial charge is 0.410 e. The van der Waals surface area contributed by atoms with Crippen LogP contribution < -0.4 is 0 Å². The smallest absolute Gasteiger partial charge is 0.176 e. The molecule has 4 nitrogen and oxygen atoms in total. The quantitative estimate of drug-likeness (QED) is 0.424. The summed E-state index contributed by atoms with van der Waals surface area (Å²) in [7, 11) is 0. The molecule has 1 aliphatic carbocycles. The summed E-state index contributed by atoms with van der Waals surface area (Å²) in [5.41, 5.74) is 2.68. The number of thioether (sulfide) groups is 1. The second-order valence-electron chi connectivity index (χ2n) is 7.59. The summed E-state index contributed by atoms with van der Waals surface area (Å²) in [4.78, 5) is 19.0. The predicted molar refractivity (Wildman–Crippen MR) is 121 cm³/mol. The lowest BCUT2D eigenvalue weighted by Gasteiger charge is -2.37. The van der Waals surface area contributed by atoms with E-state index in [1.54, 1.807) is 0 Å². The average molecular weight is 413 g/mol. The number of Topliss-reactive ketones (excluding diaryl/α,β-unsaturated/α-hetero) is 1. The van der Waals surface area contributed by atoms with Crippen LogP contribution in [0.25, 0.3) is 0 Å². The van der Waals surface area contributed by atoms with Gasteiger partial charge in [-0.2, -0.15) is 0 Å². The van der Waals surface area contributed by atoms with Gasteiger partial charge in [0.25, 0.3) is 0 Å². The van der Waals surface area contributed by atoms with Gasteiger partial charge in [-0.1, -0.05) is 89.7 Å². The van der Waals surface area contributed by atoms with E-state index in [4.69, 9.17) is 4.99 Å². The molecule has 1 aliphatic heterocycles. The van der Waals surface area contributed by atoms with Crippen molar-refractivity contribution in [1.29, 1.82) is 0 Å². The van der Waals surface area contributed by atoms with Gasteiger partial charge in [-0.3, -0.25) is 4.79 Å². The minimum absolute atomic E-state index is 0.0547. The van der Waals surface area contributed by atoms with E-state index >= 15 is 0 Å². The van der Waals surface area contributed by atoms with E-state index in [0.29, 0.717) is 16.5 Å². The van der Waals surface area contributed by atoms with Crippen LogP contribution in [-0.2, 0) is 6.42 Å². The first kappa shape index (κ1) is 18.8. The first-order chi connectivity index (χ1) is 14.7. The van der Waals surface area contributed by atoms with E-state index in [1.807, 2.05) is 84.9 Å². The van der Waals surface area contributed by atoms with Crippen molar-refractivity contribution in [2.24, 2.45) is 15.6 Å². The van der Waals surface area contributed by atoms with E-state index in [2.05, 4.69) is 5.16 Å². The fraction of sp³-hybridized carbons (Fsp3) is 0.160. The predicted octanol–water partition coefficient (Wildman–Crippen LogP) is 5.85. The Morgan fingerprint density at radius 3 is 2.30 bits per heavy atom. The van der Waals surface area contributed by atoms with Crippen LogP contribution in [0.2, 0.25) is 0 Å². The number of aliphatic imine (C=N–C) groups is 1. The Labute approximate surface area is 179 Å². The lowest BCUT2D eigenvalue weighted by atomic mass is 9.62. The van der Waals surface area contributed by atoms with Gasteiger partial charge in [-0.15, -0.1) is 0 Å². The number of hydrogen-bond acceptors (Lipinski definition) is 5. The summed E-state index contributed by atoms with van der Waals surface area (Å²) in [5, 5.41) is 14.7. The Hall–Kier alpha value is -3.18. The molecule has 5 rings (SSSR count). The fourth-order valence-corrected chi connectivity index (χ4v) is 5.94. The highest BCUT2D eigenvalue weighted by molar-refractivity contribution is 8.27. The van der Waals surface area contributed by atoms with Gasteiger partial charge < -0.3 is 5.21 Å². The molecule has 0 aromatic heterocycles. The van der Waals surface area contributed by atoms with Crippen LogP contribution in [0, 0.1) is 5.41 Å². The number of aryl methyl sites for hydroxylation is 1. The van der Waals surface area contributed by atoms with Gasteiger partial charge in [-0.05, 0) is 36.1 Å². The van der Waals surface area contributed by atoms with Crippen LogP contribution in [0.4, 0.5) is 5.69 Å². The molecule has 1 saturated heterocycles. The number of carbonyl (C=O) groups excluding carboxylic acids is 1. The molecule has 0 bridgehead atoms. The highest BCUT2D eigenvalue weighted by atomic mass is 32.2. The monoisotopic (exact) mass is 412 g/mol. The van der Waals surface area contributed by atoms with Crippen molar-refractivity contribution in [3.05, 3.63) is 102 Å². The maximum Gasteiger partial charge on any atom is 0.176 e. The van der Waals surface area contributed by atoms with Gasteiger partial charge in [0.1, 0.15) is 5.04 Å². The number of hydrogen-bond donors (Lipinski definition) is 1. The molecule has 0 unspecified atom stereocenters. The number of rotatable bonds is 2. The van der Waals surface area contributed by atoms with Crippen LogP contribution in [0.5, 0.6) is 0 Å². The van der Waals surface area contributed by atoms with Crippen LogP contribution in [0.3, 0.4) is 0 Å². The number of fused-ring (bicyclic) bond motifs is 1. The average Bonchev–Trinajstić information content (AvgIpc) is 3.11. The second kappa shape index (κ2) is 7.58.